The number of carbonyl (C=O) groups excluding carboxylic acids is 1. The van der Waals surface area contributed by atoms with Gasteiger partial charge in [0.15, 0.2) is 5.75 Å². The maximum atomic E-state index is 12.5. The van der Waals surface area contributed by atoms with E-state index in [4.69, 9.17) is 21.1 Å². The van der Waals surface area contributed by atoms with Crippen LogP contribution >= 0.6 is 11.6 Å². The second kappa shape index (κ2) is 5.32. The van der Waals surface area contributed by atoms with Crippen molar-refractivity contribution >= 4 is 23.3 Å². The zero-order chi connectivity index (χ0) is 15.3. The number of benzene rings is 1. The van der Waals surface area contributed by atoms with E-state index in [9.17, 15) is 4.79 Å². The van der Waals surface area contributed by atoms with Gasteiger partial charge >= 0.3 is 6.03 Å². The standard InChI is InChI=1S/C16H19ClN2O3/c1-21-15-11(17)3-2-4-12(15)18-16(20)19-7-9-10(8-19)14-6-5-13(9)22-14/h2-4,9-10,13-14H,5-8H2,1H3,(H,18,20)/t9-,10+,13-,14-/m1/s1. The second-order valence-corrected chi connectivity index (χ2v) is 6.68. The lowest BCUT2D eigenvalue weighted by Crippen LogP contribution is -2.35. The molecule has 118 valence electrons. The van der Waals surface area contributed by atoms with Crippen LogP contribution in [0.5, 0.6) is 5.75 Å². The van der Waals surface area contributed by atoms with Crippen molar-refractivity contribution in [3.05, 3.63) is 23.2 Å². The van der Waals surface area contributed by atoms with Crippen molar-refractivity contribution in [2.24, 2.45) is 11.8 Å². The van der Waals surface area contributed by atoms with E-state index < -0.39 is 0 Å². The molecule has 3 aliphatic rings. The van der Waals surface area contributed by atoms with Gasteiger partial charge in [0, 0.05) is 24.9 Å². The van der Waals surface area contributed by atoms with Crippen LogP contribution < -0.4 is 10.1 Å². The Hall–Kier alpha value is -1.46. The molecule has 2 amide bonds. The molecule has 1 aromatic rings. The van der Waals surface area contributed by atoms with E-state index in [1.54, 1.807) is 25.3 Å². The van der Waals surface area contributed by atoms with Gasteiger partial charge in [-0.25, -0.2) is 4.79 Å². The highest BCUT2D eigenvalue weighted by Crippen LogP contribution is 2.47. The number of urea groups is 1. The maximum absolute atomic E-state index is 12.5. The van der Waals surface area contributed by atoms with E-state index in [1.807, 2.05) is 4.90 Å². The quantitative estimate of drug-likeness (QED) is 0.910. The van der Waals surface area contributed by atoms with Crippen LogP contribution in [-0.2, 0) is 4.74 Å². The van der Waals surface area contributed by atoms with Gasteiger partial charge < -0.3 is 19.7 Å². The first-order valence-corrected chi connectivity index (χ1v) is 8.09. The Morgan fingerprint density at radius 1 is 1.32 bits per heavy atom. The van der Waals surface area contributed by atoms with Gasteiger partial charge in [-0.1, -0.05) is 17.7 Å². The summed E-state index contributed by atoms with van der Waals surface area (Å²) >= 11 is 6.09. The fraction of sp³-hybridized carbons (Fsp3) is 0.562. The summed E-state index contributed by atoms with van der Waals surface area (Å²) in [6.07, 6.45) is 2.99. The highest BCUT2D eigenvalue weighted by Gasteiger charge is 2.53. The van der Waals surface area contributed by atoms with Crippen molar-refractivity contribution in [2.75, 3.05) is 25.5 Å². The number of hydrogen-bond donors (Lipinski definition) is 1. The molecule has 0 unspecified atom stereocenters. The highest BCUT2D eigenvalue weighted by molar-refractivity contribution is 6.32. The Kier molecular flexibility index (Phi) is 3.42. The van der Waals surface area contributed by atoms with Gasteiger partial charge in [-0.3, -0.25) is 0 Å². The van der Waals surface area contributed by atoms with Crippen LogP contribution in [0.4, 0.5) is 10.5 Å². The molecule has 0 radical (unpaired) electrons. The summed E-state index contributed by atoms with van der Waals surface area (Å²) in [5, 5.41) is 3.41. The van der Waals surface area contributed by atoms with Crippen molar-refractivity contribution in [2.45, 2.75) is 25.0 Å². The molecule has 3 fully saturated rings. The Morgan fingerprint density at radius 3 is 2.64 bits per heavy atom. The molecule has 0 saturated carbocycles. The first kappa shape index (κ1) is 14.2. The van der Waals surface area contributed by atoms with E-state index in [2.05, 4.69) is 5.32 Å². The normalized spacial score (nSPS) is 32.2. The third kappa shape index (κ3) is 2.15. The lowest BCUT2D eigenvalue weighted by Gasteiger charge is -2.20. The van der Waals surface area contributed by atoms with Gasteiger partial charge in [-0.05, 0) is 25.0 Å². The van der Waals surface area contributed by atoms with E-state index in [0.29, 0.717) is 40.5 Å². The fourth-order valence-electron chi connectivity index (χ4n) is 4.13. The average molecular weight is 323 g/mol. The zero-order valence-electron chi connectivity index (χ0n) is 12.4. The van der Waals surface area contributed by atoms with Gasteiger partial charge in [0.05, 0.1) is 30.0 Å². The minimum atomic E-state index is -0.0885. The van der Waals surface area contributed by atoms with E-state index in [0.717, 1.165) is 25.9 Å². The Balaban J connectivity index is 1.47. The number of likely N-dealkylation sites (tertiary alicyclic amines) is 1. The summed E-state index contributed by atoms with van der Waals surface area (Å²) in [7, 11) is 1.55. The monoisotopic (exact) mass is 322 g/mol. The first-order valence-electron chi connectivity index (χ1n) is 7.71. The summed E-state index contributed by atoms with van der Waals surface area (Å²) in [5.74, 6) is 1.51. The van der Waals surface area contributed by atoms with E-state index in [-0.39, 0.29) is 6.03 Å². The lowest BCUT2D eigenvalue weighted by atomic mass is 9.82. The van der Waals surface area contributed by atoms with Gasteiger partial charge in [0.25, 0.3) is 0 Å². The molecule has 5 nitrogen and oxygen atoms in total. The summed E-state index contributed by atoms with van der Waals surface area (Å²) < 4.78 is 11.2. The first-order chi connectivity index (χ1) is 10.7. The minimum Gasteiger partial charge on any atom is -0.493 e. The summed E-state index contributed by atoms with van der Waals surface area (Å²) in [5.41, 5.74) is 0.608. The fourth-order valence-corrected chi connectivity index (χ4v) is 4.39. The maximum Gasteiger partial charge on any atom is 0.321 e. The predicted molar refractivity (Wildman–Crippen MR) is 83.5 cm³/mol. The van der Waals surface area contributed by atoms with Gasteiger partial charge in [0.2, 0.25) is 0 Å². The van der Waals surface area contributed by atoms with Gasteiger partial charge in [-0.15, -0.1) is 0 Å². The molecule has 3 aliphatic heterocycles. The molecule has 22 heavy (non-hydrogen) atoms. The van der Waals surface area contributed by atoms with Crippen LogP contribution in [0, 0.1) is 11.8 Å². The van der Waals surface area contributed by atoms with Crippen LogP contribution in [0.2, 0.25) is 5.02 Å². The molecular formula is C16H19ClN2O3. The molecule has 1 aromatic carbocycles. The number of fused-ring (bicyclic) bond motifs is 5. The number of para-hydroxylation sites is 1. The topological polar surface area (TPSA) is 50.8 Å². The number of nitrogens with one attached hydrogen (secondary N) is 1. The van der Waals surface area contributed by atoms with Crippen molar-refractivity contribution in [1.82, 2.24) is 4.90 Å². The largest absolute Gasteiger partial charge is 0.493 e. The van der Waals surface area contributed by atoms with Crippen molar-refractivity contribution in [1.29, 1.82) is 0 Å². The number of amides is 2. The van der Waals surface area contributed by atoms with Gasteiger partial charge in [-0.2, -0.15) is 0 Å². The number of anilines is 1. The number of halogens is 1. The minimum absolute atomic E-state index is 0.0885. The number of ether oxygens (including phenoxy) is 2. The van der Waals surface area contributed by atoms with Crippen LogP contribution in [0.1, 0.15) is 12.8 Å². The Labute approximate surface area is 134 Å². The third-order valence-corrected chi connectivity index (χ3v) is 5.45. The van der Waals surface area contributed by atoms with Crippen molar-refractivity contribution in [3.8, 4) is 5.75 Å². The predicted octanol–water partition coefficient (Wildman–Crippen LogP) is 2.99. The molecule has 6 heteroatoms. The number of nitrogens with zero attached hydrogens (tertiary/aromatic N) is 1. The third-order valence-electron chi connectivity index (χ3n) is 5.15. The SMILES string of the molecule is COc1c(Cl)cccc1NC(=O)N1C[C@@H]2[C@H](C1)[C@H]1CC[C@H]2O1. The second-order valence-electron chi connectivity index (χ2n) is 6.27. The molecule has 1 N–H and O–H groups in total. The zero-order valence-corrected chi connectivity index (χ0v) is 13.2. The molecule has 2 bridgehead atoms. The van der Waals surface area contributed by atoms with E-state index in [1.165, 1.54) is 0 Å². The lowest BCUT2D eigenvalue weighted by molar-refractivity contribution is 0.0746. The molecule has 0 spiro atoms. The number of methoxy groups -OCH3 is 1. The summed E-state index contributed by atoms with van der Waals surface area (Å²) in [6.45, 7) is 1.56. The molecule has 4 atom stereocenters. The van der Waals surface area contributed by atoms with Crippen LogP contribution in [0.3, 0.4) is 0 Å². The molecule has 4 rings (SSSR count). The van der Waals surface area contributed by atoms with Gasteiger partial charge in [0.1, 0.15) is 0 Å². The van der Waals surface area contributed by atoms with Crippen LogP contribution in [0.25, 0.3) is 0 Å². The van der Waals surface area contributed by atoms with Crippen LogP contribution in [0.15, 0.2) is 18.2 Å². The summed E-state index contributed by atoms with van der Waals surface area (Å²) in [4.78, 5) is 14.4. The molecule has 0 aromatic heterocycles. The Bertz CT molecular complexity index is 591. The van der Waals surface area contributed by atoms with Crippen molar-refractivity contribution < 1.29 is 14.3 Å². The smallest absolute Gasteiger partial charge is 0.321 e. The molecule has 3 saturated heterocycles. The number of rotatable bonds is 2. The molecule has 0 aliphatic carbocycles. The Morgan fingerprint density at radius 2 is 2.00 bits per heavy atom. The molecular weight excluding hydrogens is 304 g/mol. The average Bonchev–Trinajstić information content (AvgIpc) is 3.20. The highest BCUT2D eigenvalue weighted by atomic mass is 35.5. The summed E-state index contributed by atoms with van der Waals surface area (Å²) in [6, 6.07) is 5.25. The van der Waals surface area contributed by atoms with Crippen LogP contribution in [-0.4, -0.2) is 43.3 Å². The number of carbonyl (C=O) groups is 1. The van der Waals surface area contributed by atoms with Crippen molar-refractivity contribution in [3.63, 3.8) is 0 Å². The van der Waals surface area contributed by atoms with E-state index >= 15 is 0 Å². The number of hydrogen-bond acceptors (Lipinski definition) is 3. The molecule has 3 heterocycles.